The number of fused-ring (bicyclic) bond motifs is 1. The zero-order chi connectivity index (χ0) is 11.8. The third kappa shape index (κ3) is 1.44. The number of nitrogens with zero attached hydrogens (tertiary/aromatic N) is 3. The molecule has 17 heavy (non-hydrogen) atoms. The molecule has 84 valence electrons. The van der Waals surface area contributed by atoms with Crippen molar-refractivity contribution in [3.8, 4) is 11.4 Å². The molecule has 0 aliphatic heterocycles. The molecule has 0 aliphatic rings. The summed E-state index contributed by atoms with van der Waals surface area (Å²) < 4.78 is 0. The number of rotatable bonds is 2. The maximum Gasteiger partial charge on any atom is 0.250 e. The summed E-state index contributed by atoms with van der Waals surface area (Å²) in [6.07, 6.45) is 1.59. The van der Waals surface area contributed by atoms with Crippen molar-refractivity contribution < 1.29 is 4.79 Å². The Bertz CT molecular complexity index is 684. The predicted molar refractivity (Wildman–Crippen MR) is 60.0 cm³/mol. The number of H-pyrrole nitrogens is 2. The van der Waals surface area contributed by atoms with Crippen molar-refractivity contribution in [1.29, 1.82) is 0 Å². The molecule has 4 N–H and O–H groups in total. The average Bonchev–Trinajstić information content (AvgIpc) is 2.97. The zero-order valence-electron chi connectivity index (χ0n) is 8.64. The summed E-state index contributed by atoms with van der Waals surface area (Å²) in [6.45, 7) is 0. The Labute approximate surface area is 95.0 Å². The van der Waals surface area contributed by atoms with E-state index in [0.29, 0.717) is 11.4 Å². The van der Waals surface area contributed by atoms with E-state index in [1.54, 1.807) is 6.20 Å². The summed E-state index contributed by atoms with van der Waals surface area (Å²) in [7, 11) is 0. The van der Waals surface area contributed by atoms with E-state index in [-0.39, 0.29) is 0 Å². The van der Waals surface area contributed by atoms with Crippen LogP contribution in [0.4, 0.5) is 0 Å². The smallest absolute Gasteiger partial charge is 0.250 e. The summed E-state index contributed by atoms with van der Waals surface area (Å²) in [5.74, 6) is 0.118. The number of primary amides is 1. The number of hydrogen-bond acceptors (Lipinski definition) is 4. The van der Waals surface area contributed by atoms with Crippen molar-refractivity contribution in [3.05, 3.63) is 30.0 Å². The lowest BCUT2D eigenvalue weighted by Crippen LogP contribution is -2.09. The van der Waals surface area contributed by atoms with Gasteiger partial charge in [0.1, 0.15) is 0 Å². The van der Waals surface area contributed by atoms with Gasteiger partial charge in [-0.25, -0.2) is 5.10 Å². The number of aromatic nitrogens is 5. The number of nitrogens with two attached hydrogens (primary N) is 1. The van der Waals surface area contributed by atoms with Gasteiger partial charge < -0.3 is 10.7 Å². The lowest BCUT2D eigenvalue weighted by molar-refractivity contribution is 0.100. The first kappa shape index (κ1) is 9.52. The Balaban J connectivity index is 2.18. The summed E-state index contributed by atoms with van der Waals surface area (Å²) in [5, 5.41) is 14.3. The van der Waals surface area contributed by atoms with Crippen LogP contribution in [0.5, 0.6) is 0 Å². The topological polar surface area (TPSA) is 113 Å². The molecule has 0 saturated heterocycles. The monoisotopic (exact) mass is 228 g/mol. The van der Waals surface area contributed by atoms with E-state index in [2.05, 4.69) is 25.6 Å². The fourth-order valence-electron chi connectivity index (χ4n) is 1.76. The summed E-state index contributed by atoms with van der Waals surface area (Å²) in [6, 6.07) is 5.48. The highest BCUT2D eigenvalue weighted by Gasteiger charge is 2.10. The molecule has 0 saturated carbocycles. The van der Waals surface area contributed by atoms with Gasteiger partial charge in [-0.1, -0.05) is 12.1 Å². The molecule has 7 heteroatoms. The van der Waals surface area contributed by atoms with E-state index in [0.717, 1.165) is 16.5 Å². The molecule has 2 heterocycles. The van der Waals surface area contributed by atoms with Crippen LogP contribution in [0.25, 0.3) is 22.3 Å². The molecule has 2 aromatic heterocycles. The maximum atomic E-state index is 11.2. The average molecular weight is 228 g/mol. The second kappa shape index (κ2) is 3.41. The minimum Gasteiger partial charge on any atom is -0.366 e. The Morgan fingerprint density at radius 2 is 2.24 bits per heavy atom. The second-order valence-corrected chi connectivity index (χ2v) is 3.58. The molecule has 0 bridgehead atoms. The number of aromatic amines is 2. The zero-order valence-corrected chi connectivity index (χ0v) is 8.64. The fourth-order valence-corrected chi connectivity index (χ4v) is 1.76. The van der Waals surface area contributed by atoms with Gasteiger partial charge in [-0.15, -0.1) is 5.10 Å². The third-order valence-corrected chi connectivity index (χ3v) is 2.57. The summed E-state index contributed by atoms with van der Waals surface area (Å²) >= 11 is 0. The summed E-state index contributed by atoms with van der Waals surface area (Å²) in [4.78, 5) is 14.1. The van der Waals surface area contributed by atoms with E-state index in [9.17, 15) is 4.79 Å². The predicted octanol–water partition coefficient (Wildman–Crippen LogP) is 0.447. The van der Waals surface area contributed by atoms with Gasteiger partial charge in [-0.3, -0.25) is 4.79 Å². The number of nitrogens with one attached hydrogen (secondary N) is 2. The molecule has 0 unspecified atom stereocenters. The molecule has 0 aliphatic carbocycles. The second-order valence-electron chi connectivity index (χ2n) is 3.58. The van der Waals surface area contributed by atoms with Crippen molar-refractivity contribution in [2.24, 2.45) is 5.73 Å². The van der Waals surface area contributed by atoms with Crippen LogP contribution in [0, 0.1) is 0 Å². The Morgan fingerprint density at radius 3 is 2.94 bits per heavy atom. The molecule has 1 aromatic carbocycles. The molecule has 3 rings (SSSR count). The lowest BCUT2D eigenvalue weighted by atomic mass is 10.1. The van der Waals surface area contributed by atoms with Gasteiger partial charge in [-0.2, -0.15) is 0 Å². The molecule has 0 fully saturated rings. The van der Waals surface area contributed by atoms with Crippen LogP contribution in [-0.2, 0) is 0 Å². The van der Waals surface area contributed by atoms with Crippen molar-refractivity contribution >= 4 is 16.8 Å². The normalized spacial score (nSPS) is 10.8. The highest BCUT2D eigenvalue weighted by atomic mass is 16.1. The minimum atomic E-state index is -0.453. The van der Waals surface area contributed by atoms with E-state index in [1.807, 2.05) is 18.2 Å². The molecule has 7 nitrogen and oxygen atoms in total. The van der Waals surface area contributed by atoms with E-state index < -0.39 is 5.91 Å². The number of amides is 1. The molecule has 0 spiro atoms. The Hall–Kier alpha value is -2.70. The van der Waals surface area contributed by atoms with E-state index in [4.69, 9.17) is 5.73 Å². The minimum absolute atomic E-state index is 0.453. The van der Waals surface area contributed by atoms with Gasteiger partial charge in [0.15, 0.2) is 5.82 Å². The molecular weight excluding hydrogens is 220 g/mol. The SMILES string of the molecule is NC(=O)c1c[nH]c2cc(-c3nnn[nH]3)ccc12. The van der Waals surface area contributed by atoms with Crippen LogP contribution < -0.4 is 5.73 Å². The highest BCUT2D eigenvalue weighted by molar-refractivity contribution is 6.06. The highest BCUT2D eigenvalue weighted by Crippen LogP contribution is 2.23. The van der Waals surface area contributed by atoms with Crippen molar-refractivity contribution in [1.82, 2.24) is 25.6 Å². The van der Waals surface area contributed by atoms with Gasteiger partial charge in [0, 0.05) is 22.7 Å². The number of benzene rings is 1. The lowest BCUT2D eigenvalue weighted by Gasteiger charge is -1.96. The van der Waals surface area contributed by atoms with Gasteiger partial charge >= 0.3 is 0 Å². The van der Waals surface area contributed by atoms with Crippen LogP contribution in [0.2, 0.25) is 0 Å². The first-order valence-electron chi connectivity index (χ1n) is 4.91. The third-order valence-electron chi connectivity index (χ3n) is 2.57. The summed E-state index contributed by atoms with van der Waals surface area (Å²) in [5.41, 5.74) is 7.38. The van der Waals surface area contributed by atoms with Crippen LogP contribution >= 0.6 is 0 Å². The number of carbonyl (C=O) groups excluding carboxylic acids is 1. The Kier molecular flexibility index (Phi) is 1.91. The number of tetrazole rings is 1. The fraction of sp³-hybridized carbons (Fsp3) is 0. The standard InChI is InChI=1S/C10H8N6O/c11-9(17)7-4-12-8-3-5(1-2-6(7)8)10-13-15-16-14-10/h1-4,12H,(H2,11,17)(H,13,14,15,16). The van der Waals surface area contributed by atoms with Crippen LogP contribution in [0.1, 0.15) is 10.4 Å². The molecule has 1 amide bonds. The number of carbonyl (C=O) groups is 1. The van der Waals surface area contributed by atoms with Gasteiger partial charge in [0.05, 0.1) is 5.56 Å². The van der Waals surface area contributed by atoms with Crippen molar-refractivity contribution in [2.75, 3.05) is 0 Å². The van der Waals surface area contributed by atoms with Crippen LogP contribution in [0.15, 0.2) is 24.4 Å². The molecule has 3 aromatic rings. The van der Waals surface area contributed by atoms with Crippen molar-refractivity contribution in [3.63, 3.8) is 0 Å². The van der Waals surface area contributed by atoms with E-state index >= 15 is 0 Å². The largest absolute Gasteiger partial charge is 0.366 e. The molecule has 0 radical (unpaired) electrons. The quantitative estimate of drug-likeness (QED) is 0.590. The molecular formula is C10H8N6O. The van der Waals surface area contributed by atoms with Crippen LogP contribution in [-0.4, -0.2) is 31.5 Å². The van der Waals surface area contributed by atoms with Gasteiger partial charge in [-0.05, 0) is 16.5 Å². The molecule has 0 atom stereocenters. The van der Waals surface area contributed by atoms with Gasteiger partial charge in [0.2, 0.25) is 0 Å². The first-order valence-corrected chi connectivity index (χ1v) is 4.91. The van der Waals surface area contributed by atoms with Crippen molar-refractivity contribution in [2.45, 2.75) is 0 Å². The van der Waals surface area contributed by atoms with E-state index in [1.165, 1.54) is 0 Å². The maximum absolute atomic E-state index is 11.2. The van der Waals surface area contributed by atoms with Crippen LogP contribution in [0.3, 0.4) is 0 Å². The van der Waals surface area contributed by atoms with Gasteiger partial charge in [0.25, 0.3) is 5.91 Å². The first-order chi connectivity index (χ1) is 8.25. The number of hydrogen-bond donors (Lipinski definition) is 3. The Morgan fingerprint density at radius 1 is 1.35 bits per heavy atom.